The summed E-state index contributed by atoms with van der Waals surface area (Å²) in [7, 11) is 4.14. The Kier molecular flexibility index (Phi) is 6.53. The number of fused-ring (bicyclic) bond motifs is 1. The highest BCUT2D eigenvalue weighted by atomic mass is 32.1. The number of benzene rings is 2. The molecular formula is C24H28N6OS. The summed E-state index contributed by atoms with van der Waals surface area (Å²) >= 11 is 5.39. The SMILES string of the molecule is Cc1cccc(-c2n[nH]c(=S)n2CCC(=O)Nc2ccc3c(ccn3CCN(C)C)c2)c1. The first-order valence-corrected chi connectivity index (χ1v) is 11.1. The van der Waals surface area contributed by atoms with Gasteiger partial charge < -0.3 is 14.8 Å². The van der Waals surface area contributed by atoms with Gasteiger partial charge in [0, 0.05) is 54.4 Å². The number of likely N-dealkylation sites (N-methyl/N-ethyl adjacent to an activating group) is 1. The van der Waals surface area contributed by atoms with Crippen LogP contribution in [-0.2, 0) is 17.9 Å². The second kappa shape index (κ2) is 9.50. The lowest BCUT2D eigenvalue weighted by Gasteiger charge is -2.12. The Morgan fingerprint density at radius 1 is 1.16 bits per heavy atom. The van der Waals surface area contributed by atoms with Crippen LogP contribution in [0.5, 0.6) is 0 Å². The van der Waals surface area contributed by atoms with Gasteiger partial charge in [-0.3, -0.25) is 14.5 Å². The van der Waals surface area contributed by atoms with E-state index in [-0.39, 0.29) is 5.91 Å². The van der Waals surface area contributed by atoms with Crippen LogP contribution in [0.4, 0.5) is 5.69 Å². The molecule has 4 rings (SSSR count). The first kappa shape index (κ1) is 22.0. The molecule has 166 valence electrons. The van der Waals surface area contributed by atoms with Gasteiger partial charge in [-0.05, 0) is 63.6 Å². The van der Waals surface area contributed by atoms with Crippen molar-refractivity contribution in [1.29, 1.82) is 0 Å². The smallest absolute Gasteiger partial charge is 0.226 e. The fraction of sp³-hybridized carbons (Fsp3) is 0.292. The van der Waals surface area contributed by atoms with Crippen LogP contribution >= 0.6 is 12.2 Å². The number of amides is 1. The Morgan fingerprint density at radius 2 is 2.00 bits per heavy atom. The third-order valence-corrected chi connectivity index (χ3v) is 5.75. The van der Waals surface area contributed by atoms with Crippen LogP contribution < -0.4 is 5.32 Å². The minimum atomic E-state index is -0.0605. The van der Waals surface area contributed by atoms with Crippen molar-refractivity contribution >= 4 is 34.7 Å². The summed E-state index contributed by atoms with van der Waals surface area (Å²) in [4.78, 5) is 14.8. The topological polar surface area (TPSA) is 70.9 Å². The number of aromatic amines is 1. The van der Waals surface area contributed by atoms with Crippen molar-refractivity contribution in [3.63, 3.8) is 0 Å². The van der Waals surface area contributed by atoms with Gasteiger partial charge in [0.15, 0.2) is 10.6 Å². The maximum Gasteiger partial charge on any atom is 0.226 e. The molecule has 32 heavy (non-hydrogen) atoms. The Morgan fingerprint density at radius 3 is 2.78 bits per heavy atom. The standard InChI is InChI=1S/C24H28N6OS/c1-17-5-4-6-19(15-17)23-26-27-24(32)30(23)12-10-22(31)25-20-7-8-21-18(16-20)9-11-29(21)14-13-28(2)3/h4-9,11,15-16H,10,12-14H2,1-3H3,(H,25,31)(H,27,32). The number of nitrogens with zero attached hydrogens (tertiary/aromatic N) is 4. The minimum absolute atomic E-state index is 0.0605. The zero-order chi connectivity index (χ0) is 22.7. The van der Waals surface area contributed by atoms with Gasteiger partial charge >= 0.3 is 0 Å². The molecule has 0 aliphatic heterocycles. The van der Waals surface area contributed by atoms with Crippen LogP contribution in [0.3, 0.4) is 0 Å². The molecule has 8 heteroatoms. The van der Waals surface area contributed by atoms with Gasteiger partial charge in [-0.1, -0.05) is 23.8 Å². The fourth-order valence-corrected chi connectivity index (χ4v) is 3.97. The van der Waals surface area contributed by atoms with Gasteiger partial charge in [0.2, 0.25) is 5.91 Å². The number of H-pyrrole nitrogens is 1. The van der Waals surface area contributed by atoms with E-state index >= 15 is 0 Å². The Hall–Kier alpha value is -3.23. The maximum atomic E-state index is 12.6. The van der Waals surface area contributed by atoms with Gasteiger partial charge in [0.25, 0.3) is 0 Å². The molecule has 2 heterocycles. The molecule has 1 amide bonds. The number of aromatic nitrogens is 4. The van der Waals surface area contributed by atoms with Gasteiger partial charge in [-0.15, -0.1) is 0 Å². The van der Waals surface area contributed by atoms with Crippen molar-refractivity contribution in [3.8, 4) is 11.4 Å². The van der Waals surface area contributed by atoms with E-state index in [0.717, 1.165) is 46.6 Å². The van der Waals surface area contributed by atoms with Gasteiger partial charge in [0.1, 0.15) is 0 Å². The zero-order valence-electron chi connectivity index (χ0n) is 18.6. The van der Waals surface area contributed by atoms with Crippen molar-refractivity contribution < 1.29 is 4.79 Å². The number of rotatable bonds is 8. The summed E-state index contributed by atoms with van der Waals surface area (Å²) in [6, 6.07) is 16.2. The van der Waals surface area contributed by atoms with E-state index < -0.39 is 0 Å². The Bertz CT molecular complexity index is 1300. The molecule has 0 fully saturated rings. The average molecular weight is 449 g/mol. The quantitative estimate of drug-likeness (QED) is 0.391. The van der Waals surface area contributed by atoms with Crippen molar-refractivity contribution in [2.45, 2.75) is 26.4 Å². The highest BCUT2D eigenvalue weighted by molar-refractivity contribution is 7.71. The van der Waals surface area contributed by atoms with Crippen molar-refractivity contribution in [2.24, 2.45) is 0 Å². The Balaban J connectivity index is 1.42. The van der Waals surface area contributed by atoms with Crippen LogP contribution in [0.1, 0.15) is 12.0 Å². The lowest BCUT2D eigenvalue weighted by molar-refractivity contribution is -0.116. The normalized spacial score (nSPS) is 11.4. The van der Waals surface area contributed by atoms with E-state index in [9.17, 15) is 4.79 Å². The molecule has 4 aromatic rings. The monoisotopic (exact) mass is 448 g/mol. The molecule has 0 aliphatic rings. The third-order valence-electron chi connectivity index (χ3n) is 5.44. The van der Waals surface area contributed by atoms with E-state index in [4.69, 9.17) is 12.2 Å². The summed E-state index contributed by atoms with van der Waals surface area (Å²) in [5.74, 6) is 0.682. The molecule has 0 bridgehead atoms. The summed E-state index contributed by atoms with van der Waals surface area (Å²) < 4.78 is 4.61. The number of carbonyl (C=O) groups excluding carboxylic acids is 1. The first-order valence-electron chi connectivity index (χ1n) is 10.7. The number of carbonyl (C=O) groups is 1. The molecule has 0 unspecified atom stereocenters. The lowest BCUT2D eigenvalue weighted by Crippen LogP contribution is -2.17. The molecule has 0 radical (unpaired) electrons. The van der Waals surface area contributed by atoms with Crippen LogP contribution in [0.15, 0.2) is 54.7 Å². The highest BCUT2D eigenvalue weighted by Gasteiger charge is 2.12. The number of aryl methyl sites for hydroxylation is 1. The third kappa shape index (κ3) is 4.98. The fourth-order valence-electron chi connectivity index (χ4n) is 3.75. The molecule has 2 aromatic carbocycles. The predicted octanol–water partition coefficient (Wildman–Crippen LogP) is 4.46. The highest BCUT2D eigenvalue weighted by Crippen LogP contribution is 2.22. The van der Waals surface area contributed by atoms with Crippen molar-refractivity contribution in [1.82, 2.24) is 24.2 Å². The van der Waals surface area contributed by atoms with Gasteiger partial charge in [-0.2, -0.15) is 5.10 Å². The first-order chi connectivity index (χ1) is 15.4. The molecule has 2 aromatic heterocycles. The average Bonchev–Trinajstić information content (AvgIpc) is 3.33. The van der Waals surface area contributed by atoms with E-state index in [2.05, 4.69) is 63.5 Å². The van der Waals surface area contributed by atoms with Crippen LogP contribution in [-0.4, -0.2) is 50.8 Å². The number of hydrogen-bond acceptors (Lipinski definition) is 4. The molecule has 0 aliphatic carbocycles. The molecule has 0 saturated heterocycles. The van der Waals surface area contributed by atoms with Gasteiger partial charge in [-0.25, -0.2) is 0 Å². The van der Waals surface area contributed by atoms with E-state index in [1.807, 2.05) is 41.8 Å². The van der Waals surface area contributed by atoms with Gasteiger partial charge in [0.05, 0.1) is 0 Å². The zero-order valence-corrected chi connectivity index (χ0v) is 19.4. The van der Waals surface area contributed by atoms with Crippen molar-refractivity contribution in [3.05, 3.63) is 65.1 Å². The molecule has 2 N–H and O–H groups in total. The summed E-state index contributed by atoms with van der Waals surface area (Å²) in [6.07, 6.45) is 2.39. The maximum absolute atomic E-state index is 12.6. The van der Waals surface area contributed by atoms with E-state index in [0.29, 0.717) is 17.7 Å². The van der Waals surface area contributed by atoms with Crippen molar-refractivity contribution in [2.75, 3.05) is 26.0 Å². The largest absolute Gasteiger partial charge is 0.346 e. The molecule has 0 atom stereocenters. The van der Waals surface area contributed by atoms with Crippen LogP contribution in [0.2, 0.25) is 0 Å². The number of anilines is 1. The van der Waals surface area contributed by atoms with E-state index in [1.165, 1.54) is 0 Å². The molecular weight excluding hydrogens is 420 g/mol. The number of nitrogens with one attached hydrogen (secondary N) is 2. The predicted molar refractivity (Wildman–Crippen MR) is 131 cm³/mol. The second-order valence-electron chi connectivity index (χ2n) is 8.26. The van der Waals surface area contributed by atoms with Crippen LogP contribution in [0.25, 0.3) is 22.3 Å². The minimum Gasteiger partial charge on any atom is -0.346 e. The summed E-state index contributed by atoms with van der Waals surface area (Å²) in [5, 5.41) is 11.3. The summed E-state index contributed by atoms with van der Waals surface area (Å²) in [6.45, 7) is 4.39. The molecule has 7 nitrogen and oxygen atoms in total. The molecule has 0 spiro atoms. The summed E-state index contributed by atoms with van der Waals surface area (Å²) in [5.41, 5.74) is 4.08. The molecule has 0 saturated carbocycles. The Labute approximate surface area is 192 Å². The van der Waals surface area contributed by atoms with E-state index in [1.54, 1.807) is 0 Å². The number of hydrogen-bond donors (Lipinski definition) is 2. The van der Waals surface area contributed by atoms with Crippen LogP contribution in [0, 0.1) is 11.7 Å². The lowest BCUT2D eigenvalue weighted by atomic mass is 10.1. The second-order valence-corrected chi connectivity index (χ2v) is 8.64.